The molecule has 2 amide bonds. The Bertz CT molecular complexity index is 516. The summed E-state index contributed by atoms with van der Waals surface area (Å²) >= 11 is 1.30. The number of rotatable bonds is 9. The molecule has 1 aromatic rings. The van der Waals surface area contributed by atoms with E-state index in [9.17, 15) is 9.59 Å². The van der Waals surface area contributed by atoms with Gasteiger partial charge in [-0.1, -0.05) is 29.8 Å². The molecule has 1 N–H and O–H groups in total. The Morgan fingerprint density at radius 1 is 1.14 bits per heavy atom. The number of hydrogen-bond acceptors (Lipinski definition) is 3. The third kappa shape index (κ3) is 6.63. The lowest BCUT2D eigenvalue weighted by Crippen LogP contribution is -2.33. The Labute approximate surface area is 136 Å². The fourth-order valence-corrected chi connectivity index (χ4v) is 2.46. The van der Waals surface area contributed by atoms with Gasteiger partial charge in [0.05, 0.1) is 11.5 Å². The molecule has 22 heavy (non-hydrogen) atoms. The zero-order chi connectivity index (χ0) is 16.4. The molecule has 0 aromatic heterocycles. The van der Waals surface area contributed by atoms with Crippen LogP contribution in [0.4, 0.5) is 5.69 Å². The Hall–Kier alpha value is -2.01. The molecule has 1 aromatic carbocycles. The van der Waals surface area contributed by atoms with Crippen LogP contribution in [0.3, 0.4) is 0 Å². The molecule has 0 radical (unpaired) electrons. The molecule has 0 fully saturated rings. The summed E-state index contributed by atoms with van der Waals surface area (Å²) in [6, 6.07) is 7.60. The molecule has 0 aliphatic heterocycles. The predicted octanol–water partition coefficient (Wildman–Crippen LogP) is 2.87. The first-order valence-electron chi connectivity index (χ1n) is 7.00. The van der Waals surface area contributed by atoms with Gasteiger partial charge in [0, 0.05) is 18.8 Å². The van der Waals surface area contributed by atoms with Crippen LogP contribution in [0, 0.1) is 6.92 Å². The maximum atomic E-state index is 12.0. The van der Waals surface area contributed by atoms with E-state index in [0.29, 0.717) is 13.1 Å². The van der Waals surface area contributed by atoms with Crippen LogP contribution in [0.25, 0.3) is 0 Å². The summed E-state index contributed by atoms with van der Waals surface area (Å²) in [5.74, 6) is 0.382. The summed E-state index contributed by atoms with van der Waals surface area (Å²) < 4.78 is 0. The normalized spacial score (nSPS) is 9.86. The van der Waals surface area contributed by atoms with Crippen molar-refractivity contribution < 1.29 is 9.59 Å². The van der Waals surface area contributed by atoms with Crippen LogP contribution in [0.5, 0.6) is 0 Å². The second-order valence-corrected chi connectivity index (χ2v) is 5.77. The van der Waals surface area contributed by atoms with Crippen molar-refractivity contribution in [3.05, 3.63) is 55.1 Å². The van der Waals surface area contributed by atoms with Crippen molar-refractivity contribution in [2.75, 3.05) is 29.9 Å². The Morgan fingerprint density at radius 3 is 2.27 bits per heavy atom. The van der Waals surface area contributed by atoms with Gasteiger partial charge >= 0.3 is 0 Å². The number of nitrogens with zero attached hydrogens (tertiary/aromatic N) is 1. The minimum Gasteiger partial charge on any atom is -0.335 e. The van der Waals surface area contributed by atoms with Crippen LogP contribution in [0.1, 0.15) is 5.56 Å². The quantitative estimate of drug-likeness (QED) is 0.712. The molecule has 118 valence electrons. The first kappa shape index (κ1) is 18.0. The molecule has 0 heterocycles. The summed E-state index contributed by atoms with van der Waals surface area (Å²) in [6.45, 7) is 10.2. The Balaban J connectivity index is 2.34. The highest BCUT2D eigenvalue weighted by atomic mass is 32.2. The van der Waals surface area contributed by atoms with Gasteiger partial charge in [-0.25, -0.2) is 0 Å². The molecule has 5 heteroatoms. The average Bonchev–Trinajstić information content (AvgIpc) is 2.49. The van der Waals surface area contributed by atoms with Gasteiger partial charge in [0.2, 0.25) is 11.8 Å². The van der Waals surface area contributed by atoms with Crippen molar-refractivity contribution in [2.24, 2.45) is 0 Å². The number of carbonyl (C=O) groups is 2. The second-order valence-electron chi connectivity index (χ2n) is 4.78. The standard InChI is InChI=1S/C17H22N2O2S/c1-4-10-19(11-5-2)17(21)13-22-12-16(20)18-15-8-6-14(3)7-9-15/h4-9H,1-2,10-13H2,3H3,(H,18,20). The number of amides is 2. The SMILES string of the molecule is C=CCN(CC=C)C(=O)CSCC(=O)Nc1ccc(C)cc1. The zero-order valence-electron chi connectivity index (χ0n) is 12.9. The van der Waals surface area contributed by atoms with Gasteiger partial charge in [-0.2, -0.15) is 0 Å². The monoisotopic (exact) mass is 318 g/mol. The molecule has 1 rings (SSSR count). The second kappa shape index (κ2) is 9.84. The Kier molecular flexibility index (Phi) is 8.07. The molecule has 0 atom stereocenters. The van der Waals surface area contributed by atoms with E-state index in [1.165, 1.54) is 11.8 Å². The number of carbonyl (C=O) groups excluding carboxylic acids is 2. The topological polar surface area (TPSA) is 49.4 Å². The van der Waals surface area contributed by atoms with Crippen molar-refractivity contribution in [2.45, 2.75) is 6.92 Å². The Morgan fingerprint density at radius 2 is 1.73 bits per heavy atom. The molecule has 0 aliphatic carbocycles. The molecule has 0 unspecified atom stereocenters. The highest BCUT2D eigenvalue weighted by molar-refractivity contribution is 8.00. The van der Waals surface area contributed by atoms with Gasteiger partial charge in [0.25, 0.3) is 0 Å². The molecule has 0 spiro atoms. The fourth-order valence-electron chi connectivity index (χ4n) is 1.75. The van der Waals surface area contributed by atoms with Gasteiger partial charge in [0.15, 0.2) is 0 Å². The van der Waals surface area contributed by atoms with E-state index in [0.717, 1.165) is 11.3 Å². The summed E-state index contributed by atoms with van der Waals surface area (Å²) in [6.07, 6.45) is 3.35. The molecular formula is C17H22N2O2S. The third-order valence-corrected chi connectivity index (χ3v) is 3.76. The van der Waals surface area contributed by atoms with Crippen molar-refractivity contribution in [3.8, 4) is 0 Å². The molecular weight excluding hydrogens is 296 g/mol. The smallest absolute Gasteiger partial charge is 0.234 e. The minimum atomic E-state index is -0.111. The van der Waals surface area contributed by atoms with Crippen LogP contribution in [-0.4, -0.2) is 41.3 Å². The van der Waals surface area contributed by atoms with E-state index >= 15 is 0 Å². The lowest BCUT2D eigenvalue weighted by atomic mass is 10.2. The first-order chi connectivity index (χ1) is 10.6. The molecule has 0 saturated carbocycles. The zero-order valence-corrected chi connectivity index (χ0v) is 13.7. The van der Waals surface area contributed by atoms with Gasteiger partial charge in [-0.3, -0.25) is 9.59 Å². The number of aryl methyl sites for hydroxylation is 1. The van der Waals surface area contributed by atoms with Crippen LogP contribution in [0.15, 0.2) is 49.6 Å². The van der Waals surface area contributed by atoms with Gasteiger partial charge < -0.3 is 10.2 Å². The summed E-state index contributed by atoms with van der Waals surface area (Å²) in [7, 11) is 0. The maximum absolute atomic E-state index is 12.0. The average molecular weight is 318 g/mol. The predicted molar refractivity (Wildman–Crippen MR) is 94.1 cm³/mol. The van der Waals surface area contributed by atoms with Crippen molar-refractivity contribution in [3.63, 3.8) is 0 Å². The summed E-state index contributed by atoms with van der Waals surface area (Å²) in [5.41, 5.74) is 1.91. The summed E-state index contributed by atoms with van der Waals surface area (Å²) in [4.78, 5) is 25.4. The van der Waals surface area contributed by atoms with Gasteiger partial charge in [-0.05, 0) is 19.1 Å². The number of hydrogen-bond donors (Lipinski definition) is 1. The van der Waals surface area contributed by atoms with E-state index in [1.807, 2.05) is 31.2 Å². The van der Waals surface area contributed by atoms with E-state index in [4.69, 9.17) is 0 Å². The van der Waals surface area contributed by atoms with Crippen LogP contribution >= 0.6 is 11.8 Å². The fraction of sp³-hybridized carbons (Fsp3) is 0.294. The number of thioether (sulfide) groups is 1. The van der Waals surface area contributed by atoms with Gasteiger partial charge in [0.1, 0.15) is 0 Å². The molecule has 0 saturated heterocycles. The lowest BCUT2D eigenvalue weighted by Gasteiger charge is -2.18. The minimum absolute atomic E-state index is 0.0204. The number of benzene rings is 1. The number of anilines is 1. The highest BCUT2D eigenvalue weighted by Crippen LogP contribution is 2.10. The lowest BCUT2D eigenvalue weighted by molar-refractivity contribution is -0.127. The van der Waals surface area contributed by atoms with Gasteiger partial charge in [-0.15, -0.1) is 24.9 Å². The van der Waals surface area contributed by atoms with E-state index in [-0.39, 0.29) is 23.3 Å². The van der Waals surface area contributed by atoms with Crippen molar-refractivity contribution >= 4 is 29.3 Å². The third-order valence-electron chi connectivity index (χ3n) is 2.85. The molecule has 0 bridgehead atoms. The van der Waals surface area contributed by atoms with Crippen LogP contribution < -0.4 is 5.32 Å². The van der Waals surface area contributed by atoms with Crippen LogP contribution in [-0.2, 0) is 9.59 Å². The molecule has 4 nitrogen and oxygen atoms in total. The van der Waals surface area contributed by atoms with Crippen molar-refractivity contribution in [1.29, 1.82) is 0 Å². The largest absolute Gasteiger partial charge is 0.335 e. The number of nitrogens with one attached hydrogen (secondary N) is 1. The highest BCUT2D eigenvalue weighted by Gasteiger charge is 2.11. The van der Waals surface area contributed by atoms with Crippen molar-refractivity contribution in [1.82, 2.24) is 4.90 Å². The first-order valence-corrected chi connectivity index (χ1v) is 8.16. The van der Waals surface area contributed by atoms with E-state index in [1.54, 1.807) is 17.1 Å². The maximum Gasteiger partial charge on any atom is 0.234 e. The van der Waals surface area contributed by atoms with E-state index in [2.05, 4.69) is 18.5 Å². The van der Waals surface area contributed by atoms with E-state index < -0.39 is 0 Å². The summed E-state index contributed by atoms with van der Waals surface area (Å²) in [5, 5.41) is 2.81. The van der Waals surface area contributed by atoms with Crippen LogP contribution in [0.2, 0.25) is 0 Å². The molecule has 0 aliphatic rings.